The molecule has 2 heterocycles. The summed E-state index contributed by atoms with van der Waals surface area (Å²) in [4.78, 5) is 15.6. The van der Waals surface area contributed by atoms with Gasteiger partial charge in [0.05, 0.1) is 17.5 Å². The quantitative estimate of drug-likeness (QED) is 0.286. The number of nitrogens with zero attached hydrogens (tertiary/aromatic N) is 4. The largest absolute Gasteiger partial charge is 0.416 e. The number of anilines is 2. The fourth-order valence-corrected chi connectivity index (χ4v) is 8.06. The summed E-state index contributed by atoms with van der Waals surface area (Å²) in [5.41, 5.74) is 2.05. The number of hydrogen-bond donors (Lipinski definition) is 2. The number of aromatic nitrogens is 3. The van der Waals surface area contributed by atoms with Crippen LogP contribution >= 0.6 is 0 Å². The lowest BCUT2D eigenvalue weighted by atomic mass is 9.58. The third-order valence-corrected chi connectivity index (χ3v) is 10.6. The van der Waals surface area contributed by atoms with Gasteiger partial charge in [0, 0.05) is 42.1 Å². The number of amides is 1. The first kappa shape index (κ1) is 29.3. The summed E-state index contributed by atoms with van der Waals surface area (Å²) >= 11 is 0. The van der Waals surface area contributed by atoms with E-state index >= 15 is 0 Å². The van der Waals surface area contributed by atoms with Gasteiger partial charge in [-0.3, -0.25) is 4.79 Å². The summed E-state index contributed by atoms with van der Waals surface area (Å²) < 4.78 is 45.3. The summed E-state index contributed by atoms with van der Waals surface area (Å²) in [6, 6.07) is 9.32. The van der Waals surface area contributed by atoms with Gasteiger partial charge >= 0.3 is 6.18 Å². The topological polar surface area (TPSA) is 75.1 Å². The predicted molar refractivity (Wildman–Crippen MR) is 164 cm³/mol. The number of nitrogens with one attached hydrogen (secondary N) is 2. The standard InChI is InChI=1S/C34H41F3N6O/c1-21-16-33(17-21,31-41-39-20-42(31)3)23-13-25(40-24-7-4-5-8-24)15-26(14-23)43-19-28-27(30(43)44)11-22(12-29(28)34(35,36)37)18-38-32(2)9-6-10-32/h11-15,20-21,24,38,40H,4-10,16-19H2,1-3H3/t21-,33-. The van der Waals surface area contributed by atoms with Gasteiger partial charge < -0.3 is 20.1 Å². The number of aryl methyl sites for hydroxylation is 1. The Hall–Kier alpha value is -3.40. The molecular formula is C34H41F3N6O. The van der Waals surface area contributed by atoms with E-state index < -0.39 is 11.7 Å². The van der Waals surface area contributed by atoms with E-state index in [1.54, 1.807) is 12.4 Å². The van der Waals surface area contributed by atoms with Crippen LogP contribution in [0.2, 0.25) is 0 Å². The van der Waals surface area contributed by atoms with E-state index in [0.29, 0.717) is 29.8 Å². The maximum Gasteiger partial charge on any atom is 0.416 e. The SMILES string of the molecule is Cn1cnnc1[C@]1(c2cc(NC3CCCC3)cc(N3Cc4c(cc(CNC5(C)CCC5)cc4C(F)(F)F)C3=O)c2)C[C@@H](C)C1. The zero-order valence-corrected chi connectivity index (χ0v) is 25.7. The van der Waals surface area contributed by atoms with Crippen LogP contribution in [0.15, 0.2) is 36.7 Å². The molecule has 1 aliphatic heterocycles. The van der Waals surface area contributed by atoms with Crippen LogP contribution in [-0.4, -0.2) is 32.3 Å². The molecule has 2 N–H and O–H groups in total. The number of carbonyl (C=O) groups is 1. The van der Waals surface area contributed by atoms with Crippen molar-refractivity contribution in [2.24, 2.45) is 13.0 Å². The van der Waals surface area contributed by atoms with Gasteiger partial charge in [-0.2, -0.15) is 13.2 Å². The van der Waals surface area contributed by atoms with Gasteiger partial charge in [-0.1, -0.05) is 19.8 Å². The van der Waals surface area contributed by atoms with Gasteiger partial charge in [-0.05, 0) is 105 Å². The molecule has 7 nitrogen and oxygen atoms in total. The van der Waals surface area contributed by atoms with Gasteiger partial charge in [0.1, 0.15) is 12.2 Å². The Morgan fingerprint density at radius 1 is 1.05 bits per heavy atom. The third kappa shape index (κ3) is 5.08. The summed E-state index contributed by atoms with van der Waals surface area (Å²) in [5.74, 6) is 0.968. The van der Waals surface area contributed by atoms with Crippen molar-refractivity contribution in [2.45, 2.75) is 108 Å². The van der Waals surface area contributed by atoms with E-state index in [1.807, 2.05) is 23.7 Å². The van der Waals surface area contributed by atoms with Gasteiger partial charge in [0.25, 0.3) is 5.91 Å². The highest BCUT2D eigenvalue weighted by atomic mass is 19.4. The van der Waals surface area contributed by atoms with Gasteiger partial charge in [-0.25, -0.2) is 0 Å². The number of hydrogen-bond acceptors (Lipinski definition) is 5. The van der Waals surface area contributed by atoms with E-state index in [9.17, 15) is 18.0 Å². The molecule has 0 unspecified atom stereocenters. The highest BCUT2D eigenvalue weighted by Gasteiger charge is 2.49. The predicted octanol–water partition coefficient (Wildman–Crippen LogP) is 7.10. The van der Waals surface area contributed by atoms with Crippen molar-refractivity contribution >= 4 is 17.3 Å². The molecule has 3 aliphatic carbocycles. The number of benzene rings is 2. The molecule has 1 aromatic heterocycles. The second-order valence-electron chi connectivity index (χ2n) is 14.1. The van der Waals surface area contributed by atoms with Crippen LogP contribution in [0.3, 0.4) is 0 Å². The molecule has 0 radical (unpaired) electrons. The van der Waals surface area contributed by atoms with Crippen LogP contribution in [0.25, 0.3) is 0 Å². The fourth-order valence-electron chi connectivity index (χ4n) is 8.06. The molecule has 3 saturated carbocycles. The molecule has 0 atom stereocenters. The third-order valence-electron chi connectivity index (χ3n) is 10.6. The second kappa shape index (κ2) is 10.6. The zero-order valence-electron chi connectivity index (χ0n) is 25.7. The van der Waals surface area contributed by atoms with Gasteiger partial charge in [0.15, 0.2) is 0 Å². The smallest absolute Gasteiger partial charge is 0.382 e. The Bertz CT molecular complexity index is 1580. The van der Waals surface area contributed by atoms with Crippen molar-refractivity contribution in [3.63, 3.8) is 0 Å². The maximum absolute atomic E-state index is 14.5. The van der Waals surface area contributed by atoms with Crippen molar-refractivity contribution in [3.8, 4) is 0 Å². The van der Waals surface area contributed by atoms with Gasteiger partial charge in [-0.15, -0.1) is 10.2 Å². The van der Waals surface area contributed by atoms with Crippen LogP contribution in [0.4, 0.5) is 24.5 Å². The summed E-state index contributed by atoms with van der Waals surface area (Å²) in [6.07, 6.45) is 6.50. The number of carbonyl (C=O) groups excluding carboxylic acids is 1. The Morgan fingerprint density at radius 3 is 2.41 bits per heavy atom. The molecule has 0 bridgehead atoms. The van der Waals surface area contributed by atoms with Crippen LogP contribution in [0.5, 0.6) is 0 Å². The molecule has 1 amide bonds. The Kier molecular flexibility index (Phi) is 7.06. The van der Waals surface area contributed by atoms with Crippen molar-refractivity contribution in [1.82, 2.24) is 20.1 Å². The van der Waals surface area contributed by atoms with Crippen LogP contribution in [-0.2, 0) is 31.7 Å². The lowest BCUT2D eigenvalue weighted by Crippen LogP contribution is -2.47. The summed E-state index contributed by atoms with van der Waals surface area (Å²) in [5, 5.41) is 15.8. The summed E-state index contributed by atoms with van der Waals surface area (Å²) in [7, 11) is 1.94. The number of rotatable bonds is 8. The molecule has 0 spiro atoms. The molecule has 234 valence electrons. The number of fused-ring (bicyclic) bond motifs is 1. The first-order valence-corrected chi connectivity index (χ1v) is 16.0. The van der Waals surface area contributed by atoms with Crippen molar-refractivity contribution < 1.29 is 18.0 Å². The lowest BCUT2D eigenvalue weighted by molar-refractivity contribution is -0.138. The molecule has 0 saturated heterocycles. The van der Waals surface area contributed by atoms with Crippen molar-refractivity contribution in [1.29, 1.82) is 0 Å². The van der Waals surface area contributed by atoms with Crippen LogP contribution in [0.1, 0.15) is 110 Å². The highest BCUT2D eigenvalue weighted by Crippen LogP contribution is 2.53. The molecule has 3 aromatic rings. The Labute approximate surface area is 256 Å². The Balaban J connectivity index is 1.28. The van der Waals surface area contributed by atoms with Crippen LogP contribution in [0, 0.1) is 5.92 Å². The summed E-state index contributed by atoms with van der Waals surface area (Å²) in [6.45, 7) is 4.49. The van der Waals surface area contributed by atoms with E-state index in [0.717, 1.165) is 62.0 Å². The lowest BCUT2D eigenvalue weighted by Gasteiger charge is -2.46. The molecule has 2 aromatic carbocycles. The average Bonchev–Trinajstić information content (AvgIpc) is 3.69. The molecule has 3 fully saturated rings. The zero-order chi connectivity index (χ0) is 30.9. The molecular weight excluding hydrogens is 565 g/mol. The maximum atomic E-state index is 14.5. The second-order valence-corrected chi connectivity index (χ2v) is 14.1. The van der Waals surface area contributed by atoms with Crippen molar-refractivity contribution in [3.05, 3.63) is 70.3 Å². The monoisotopic (exact) mass is 606 g/mol. The number of alkyl halides is 3. The first-order valence-electron chi connectivity index (χ1n) is 16.0. The normalized spacial score (nSPS) is 24.7. The average molecular weight is 607 g/mol. The highest BCUT2D eigenvalue weighted by molar-refractivity contribution is 6.10. The molecule has 10 heteroatoms. The van der Waals surface area contributed by atoms with Gasteiger partial charge in [0.2, 0.25) is 0 Å². The molecule has 4 aliphatic rings. The minimum atomic E-state index is -4.56. The minimum Gasteiger partial charge on any atom is -0.382 e. The van der Waals surface area contributed by atoms with E-state index in [2.05, 4.69) is 40.7 Å². The van der Waals surface area contributed by atoms with E-state index in [-0.39, 0.29) is 34.5 Å². The van der Waals surface area contributed by atoms with Crippen molar-refractivity contribution in [2.75, 3.05) is 10.2 Å². The fraction of sp³-hybridized carbons (Fsp3) is 0.559. The number of halogens is 3. The Morgan fingerprint density at radius 2 is 1.80 bits per heavy atom. The molecule has 44 heavy (non-hydrogen) atoms. The van der Waals surface area contributed by atoms with E-state index in [4.69, 9.17) is 0 Å². The first-order chi connectivity index (χ1) is 20.9. The van der Waals surface area contributed by atoms with Crippen LogP contribution < -0.4 is 15.5 Å². The molecule has 7 rings (SSSR count). The minimum absolute atomic E-state index is 0.0529. The van der Waals surface area contributed by atoms with E-state index in [1.165, 1.54) is 23.8 Å².